The van der Waals surface area contributed by atoms with Gasteiger partial charge in [0.05, 0.1) is 18.6 Å². The number of aliphatic hydroxyl groups excluding tert-OH is 1. The third-order valence-corrected chi connectivity index (χ3v) is 7.57. The summed E-state index contributed by atoms with van der Waals surface area (Å²) in [5.41, 5.74) is -0.601. The fraction of sp³-hybridized carbons (Fsp3) is 0.500. The van der Waals surface area contributed by atoms with Crippen LogP contribution in [-0.4, -0.2) is 71.8 Å². The third-order valence-electron chi connectivity index (χ3n) is 7.32. The van der Waals surface area contributed by atoms with Gasteiger partial charge in [-0.15, -0.1) is 0 Å². The number of nitrogens with zero attached hydrogens (tertiary/aromatic N) is 2. The molecule has 9 heteroatoms. The number of esters is 1. The molecule has 1 N–H and O–H groups in total. The number of cyclic esters (lactones) is 1. The predicted molar refractivity (Wildman–Crippen MR) is 129 cm³/mol. The minimum absolute atomic E-state index is 0.0704. The van der Waals surface area contributed by atoms with E-state index in [0.717, 1.165) is 0 Å². The van der Waals surface area contributed by atoms with Crippen molar-refractivity contribution in [3.05, 3.63) is 53.6 Å². The van der Waals surface area contributed by atoms with Crippen LogP contribution in [0.15, 0.2) is 48.6 Å². The molecule has 5 atom stereocenters. The molecule has 2 fully saturated rings. The molecule has 5 rings (SSSR count). The topological polar surface area (TPSA) is 96.4 Å². The van der Waals surface area contributed by atoms with Crippen molar-refractivity contribution in [2.45, 2.75) is 43.4 Å². The van der Waals surface area contributed by atoms with Crippen LogP contribution in [0.4, 0.5) is 5.69 Å². The SMILES string of the molecule is O=C1OCCC=C[C@@H]2O[C@]34C=CCN(c5ccc(Cl)cc5)C(=O)C3N(CCCCCO)C(=O)[C@@H]4[C@H]12. The van der Waals surface area contributed by atoms with Crippen LogP contribution in [0.1, 0.15) is 25.7 Å². The van der Waals surface area contributed by atoms with E-state index in [9.17, 15) is 14.4 Å². The number of anilines is 1. The van der Waals surface area contributed by atoms with Gasteiger partial charge in [0.2, 0.25) is 5.91 Å². The van der Waals surface area contributed by atoms with Crippen LogP contribution in [0.2, 0.25) is 5.02 Å². The molecule has 0 bridgehead atoms. The number of halogens is 1. The zero-order valence-electron chi connectivity index (χ0n) is 19.3. The molecule has 0 aromatic heterocycles. The summed E-state index contributed by atoms with van der Waals surface area (Å²) in [4.78, 5) is 44.3. The summed E-state index contributed by atoms with van der Waals surface area (Å²) in [6, 6.07) is 6.07. The first-order chi connectivity index (χ1) is 17.0. The molecule has 186 valence electrons. The molecule has 2 saturated heterocycles. The summed E-state index contributed by atoms with van der Waals surface area (Å²) in [6.45, 7) is 0.958. The van der Waals surface area contributed by atoms with Crippen molar-refractivity contribution < 1.29 is 29.0 Å². The Morgan fingerprint density at radius 2 is 1.86 bits per heavy atom. The maximum atomic E-state index is 14.1. The first-order valence-corrected chi connectivity index (χ1v) is 12.5. The van der Waals surface area contributed by atoms with Gasteiger partial charge in [-0.05, 0) is 49.9 Å². The lowest BCUT2D eigenvalue weighted by atomic mass is 9.77. The number of unbranched alkanes of at least 4 members (excludes halogenated alkanes) is 2. The maximum Gasteiger partial charge on any atom is 0.312 e. The van der Waals surface area contributed by atoms with Crippen LogP contribution < -0.4 is 4.90 Å². The number of carbonyl (C=O) groups excluding carboxylic acids is 3. The van der Waals surface area contributed by atoms with Crippen molar-refractivity contribution in [3.8, 4) is 0 Å². The number of benzene rings is 1. The quantitative estimate of drug-likeness (QED) is 0.366. The van der Waals surface area contributed by atoms with Crippen LogP contribution in [0.3, 0.4) is 0 Å². The molecule has 1 aromatic carbocycles. The molecular formula is C26H29ClN2O6. The van der Waals surface area contributed by atoms with Gasteiger partial charge in [-0.1, -0.05) is 35.9 Å². The average molecular weight is 501 g/mol. The Hall–Kier alpha value is -2.68. The van der Waals surface area contributed by atoms with Crippen molar-refractivity contribution in [1.29, 1.82) is 0 Å². The highest BCUT2D eigenvalue weighted by atomic mass is 35.5. The number of rotatable bonds is 6. The fourth-order valence-electron chi connectivity index (χ4n) is 5.77. The highest BCUT2D eigenvalue weighted by Gasteiger charge is 2.71. The zero-order chi connectivity index (χ0) is 24.6. The van der Waals surface area contributed by atoms with Gasteiger partial charge >= 0.3 is 5.97 Å². The molecule has 1 unspecified atom stereocenters. The molecule has 35 heavy (non-hydrogen) atoms. The second-order valence-corrected chi connectivity index (χ2v) is 9.81. The highest BCUT2D eigenvalue weighted by Crippen LogP contribution is 2.53. The molecule has 1 spiro atoms. The second kappa shape index (κ2) is 9.76. The van der Waals surface area contributed by atoms with Crippen LogP contribution in [0, 0.1) is 11.8 Å². The van der Waals surface area contributed by atoms with Gasteiger partial charge < -0.3 is 24.4 Å². The smallest absolute Gasteiger partial charge is 0.312 e. The standard InChI is InChI=1S/C26H29ClN2O6/c27-17-8-10-18(11-9-17)28-14-6-12-26-21(20-19(35-26)7-2-5-16-34-25(20)33)23(31)29(22(26)24(28)32)13-3-1-4-15-30/h2,6-12,19-22,30H,1,3-5,13-16H2/t19-,20+,21-,22?,26-/m0/s1. The van der Waals surface area contributed by atoms with Crippen LogP contribution >= 0.6 is 11.6 Å². The summed E-state index contributed by atoms with van der Waals surface area (Å²) in [5, 5.41) is 9.72. The summed E-state index contributed by atoms with van der Waals surface area (Å²) in [5.74, 6) is -2.66. The number of ether oxygens (including phenoxy) is 2. The van der Waals surface area contributed by atoms with Gasteiger partial charge in [-0.3, -0.25) is 14.4 Å². The highest BCUT2D eigenvalue weighted by molar-refractivity contribution is 6.30. The molecular weight excluding hydrogens is 472 g/mol. The Balaban J connectivity index is 1.56. The van der Waals surface area contributed by atoms with Gasteiger partial charge in [0.25, 0.3) is 5.91 Å². The molecule has 0 radical (unpaired) electrons. The summed E-state index contributed by atoms with van der Waals surface area (Å²) in [7, 11) is 0. The van der Waals surface area contributed by atoms with Gasteiger partial charge in [0, 0.05) is 30.4 Å². The molecule has 4 aliphatic rings. The Bertz CT molecular complexity index is 1060. The van der Waals surface area contributed by atoms with E-state index < -0.39 is 35.6 Å². The number of hydrogen-bond acceptors (Lipinski definition) is 6. The summed E-state index contributed by atoms with van der Waals surface area (Å²) >= 11 is 6.06. The maximum absolute atomic E-state index is 14.1. The molecule has 4 heterocycles. The van der Waals surface area contributed by atoms with E-state index in [1.165, 1.54) is 0 Å². The Labute approximate surface area is 209 Å². The fourth-order valence-corrected chi connectivity index (χ4v) is 5.90. The Kier molecular flexibility index (Phi) is 6.70. The largest absolute Gasteiger partial charge is 0.465 e. The number of fused-ring (bicyclic) bond motifs is 2. The zero-order valence-corrected chi connectivity index (χ0v) is 20.1. The van der Waals surface area contributed by atoms with Crippen molar-refractivity contribution in [3.63, 3.8) is 0 Å². The third kappa shape index (κ3) is 4.07. The number of carbonyl (C=O) groups is 3. The van der Waals surface area contributed by atoms with Crippen molar-refractivity contribution in [1.82, 2.24) is 4.90 Å². The monoisotopic (exact) mass is 500 g/mol. The number of likely N-dealkylation sites (tertiary alicyclic amines) is 1. The Morgan fingerprint density at radius 3 is 2.63 bits per heavy atom. The number of aliphatic hydroxyl groups is 1. The molecule has 8 nitrogen and oxygen atoms in total. The minimum Gasteiger partial charge on any atom is -0.465 e. The summed E-state index contributed by atoms with van der Waals surface area (Å²) in [6.07, 6.45) is 9.27. The number of hydrogen-bond donors (Lipinski definition) is 1. The Morgan fingerprint density at radius 1 is 1.06 bits per heavy atom. The lowest BCUT2D eigenvalue weighted by Crippen LogP contribution is -2.55. The van der Waals surface area contributed by atoms with Crippen molar-refractivity contribution >= 4 is 35.1 Å². The van der Waals surface area contributed by atoms with E-state index in [4.69, 9.17) is 26.2 Å². The van der Waals surface area contributed by atoms with Gasteiger partial charge in [0.15, 0.2) is 0 Å². The molecule has 0 saturated carbocycles. The van der Waals surface area contributed by atoms with Crippen LogP contribution in [0.25, 0.3) is 0 Å². The van der Waals surface area contributed by atoms with E-state index in [0.29, 0.717) is 49.5 Å². The second-order valence-electron chi connectivity index (χ2n) is 9.37. The first kappa shape index (κ1) is 24.0. The number of amides is 2. The van der Waals surface area contributed by atoms with E-state index >= 15 is 0 Å². The van der Waals surface area contributed by atoms with Gasteiger partial charge in [-0.2, -0.15) is 0 Å². The average Bonchev–Trinajstić information content (AvgIpc) is 3.21. The van der Waals surface area contributed by atoms with Gasteiger partial charge in [0.1, 0.15) is 17.6 Å². The molecule has 4 aliphatic heterocycles. The molecule has 1 aromatic rings. The van der Waals surface area contributed by atoms with E-state index in [2.05, 4.69) is 0 Å². The van der Waals surface area contributed by atoms with Crippen molar-refractivity contribution in [2.24, 2.45) is 11.8 Å². The van der Waals surface area contributed by atoms with Crippen LogP contribution in [0.5, 0.6) is 0 Å². The van der Waals surface area contributed by atoms with E-state index in [-0.39, 0.29) is 25.0 Å². The van der Waals surface area contributed by atoms with Crippen molar-refractivity contribution in [2.75, 3.05) is 31.2 Å². The summed E-state index contributed by atoms with van der Waals surface area (Å²) < 4.78 is 12.0. The normalized spacial score (nSPS) is 32.0. The minimum atomic E-state index is -1.27. The first-order valence-electron chi connectivity index (χ1n) is 12.1. The molecule has 2 amide bonds. The lowest BCUT2D eigenvalue weighted by molar-refractivity contribution is -0.154. The predicted octanol–water partition coefficient (Wildman–Crippen LogP) is 2.49. The van der Waals surface area contributed by atoms with E-state index in [1.54, 1.807) is 34.1 Å². The van der Waals surface area contributed by atoms with E-state index in [1.807, 2.05) is 24.3 Å². The van der Waals surface area contributed by atoms with Crippen LogP contribution in [-0.2, 0) is 23.9 Å². The van der Waals surface area contributed by atoms with Gasteiger partial charge in [-0.25, -0.2) is 0 Å². The lowest BCUT2D eigenvalue weighted by Gasteiger charge is -2.35. The molecule has 0 aliphatic carbocycles.